The molecule has 1 unspecified atom stereocenters. The van der Waals surface area contributed by atoms with Crippen molar-refractivity contribution in [1.29, 1.82) is 0 Å². The quantitative estimate of drug-likeness (QED) is 0.882. The average Bonchev–Trinajstić information content (AvgIpc) is 2.83. The van der Waals surface area contributed by atoms with Crippen LogP contribution < -0.4 is 5.32 Å². The number of rotatable bonds is 2. The highest BCUT2D eigenvalue weighted by Gasteiger charge is 2.33. The van der Waals surface area contributed by atoms with Crippen LogP contribution in [0.3, 0.4) is 0 Å². The molecule has 1 aromatic heterocycles. The smallest absolute Gasteiger partial charge is 0.264 e. The molecule has 1 atom stereocenters. The summed E-state index contributed by atoms with van der Waals surface area (Å²) >= 11 is 4.69. The van der Waals surface area contributed by atoms with E-state index in [9.17, 15) is 9.59 Å². The Hall–Kier alpha value is -0.920. The van der Waals surface area contributed by atoms with E-state index in [1.54, 1.807) is 18.0 Å². The van der Waals surface area contributed by atoms with Crippen LogP contribution in [0.5, 0.6) is 0 Å². The average molecular weight is 333 g/mol. The molecule has 0 aliphatic carbocycles. The van der Waals surface area contributed by atoms with Crippen molar-refractivity contribution in [2.45, 2.75) is 6.04 Å². The van der Waals surface area contributed by atoms with E-state index in [-0.39, 0.29) is 18.4 Å². The van der Waals surface area contributed by atoms with Gasteiger partial charge < -0.3 is 15.0 Å². The maximum atomic E-state index is 12.3. The third kappa shape index (κ3) is 2.73. The molecule has 1 fully saturated rings. The molecule has 0 aromatic carbocycles. The number of halogens is 1. The molecule has 2 heterocycles. The molecule has 1 saturated heterocycles. The molecule has 1 aliphatic rings. The van der Waals surface area contributed by atoms with Crippen LogP contribution in [0.1, 0.15) is 9.67 Å². The van der Waals surface area contributed by atoms with Crippen LogP contribution in [0, 0.1) is 0 Å². The minimum Gasteiger partial charge on any atom is -0.377 e. The number of thiophene rings is 1. The van der Waals surface area contributed by atoms with E-state index in [4.69, 9.17) is 4.74 Å². The molecular weight excluding hydrogens is 320 g/mol. The maximum absolute atomic E-state index is 12.3. The van der Waals surface area contributed by atoms with Gasteiger partial charge in [-0.3, -0.25) is 9.59 Å². The normalized spacial score (nSPS) is 19.7. The molecular formula is C11H13BrN2O3S. The first-order valence-corrected chi connectivity index (χ1v) is 7.10. The van der Waals surface area contributed by atoms with E-state index in [2.05, 4.69) is 21.2 Å². The number of ether oxygens (including phenoxy) is 1. The SMILES string of the molecule is CNC(=O)C1COCCN1C(=O)c1ccc(Br)s1. The Bertz CT molecular complexity index is 463. The molecule has 7 heteroatoms. The number of carbonyl (C=O) groups excluding carboxylic acids is 2. The number of nitrogens with zero attached hydrogens (tertiary/aromatic N) is 1. The minimum absolute atomic E-state index is 0.123. The Morgan fingerprint density at radius 2 is 2.33 bits per heavy atom. The summed E-state index contributed by atoms with van der Waals surface area (Å²) in [5.41, 5.74) is 0. The molecule has 0 bridgehead atoms. The molecule has 2 rings (SSSR count). The van der Waals surface area contributed by atoms with Gasteiger partial charge in [0.05, 0.1) is 21.9 Å². The summed E-state index contributed by atoms with van der Waals surface area (Å²) in [6.07, 6.45) is 0. The second-order valence-corrected chi connectivity index (χ2v) is 6.27. The molecule has 0 radical (unpaired) electrons. The largest absolute Gasteiger partial charge is 0.377 e. The molecule has 1 aromatic rings. The third-order valence-electron chi connectivity index (χ3n) is 2.72. The van der Waals surface area contributed by atoms with Crippen molar-refractivity contribution >= 4 is 39.1 Å². The molecule has 0 spiro atoms. The topological polar surface area (TPSA) is 58.6 Å². The summed E-state index contributed by atoms with van der Waals surface area (Å²) in [6, 6.07) is 3.04. The molecule has 5 nitrogen and oxygen atoms in total. The monoisotopic (exact) mass is 332 g/mol. The number of amides is 2. The van der Waals surface area contributed by atoms with Crippen LogP contribution in [0.2, 0.25) is 0 Å². The standard InChI is InChI=1S/C11H13BrN2O3S/c1-13-10(15)7-6-17-5-4-14(7)11(16)8-2-3-9(12)18-8/h2-3,7H,4-6H2,1H3,(H,13,15). The summed E-state index contributed by atoms with van der Waals surface area (Å²) in [7, 11) is 1.56. The van der Waals surface area contributed by atoms with Gasteiger partial charge in [0.25, 0.3) is 5.91 Å². The number of hydrogen-bond donors (Lipinski definition) is 1. The highest BCUT2D eigenvalue weighted by Crippen LogP contribution is 2.24. The lowest BCUT2D eigenvalue weighted by atomic mass is 10.2. The zero-order valence-electron chi connectivity index (χ0n) is 9.81. The van der Waals surface area contributed by atoms with Crippen molar-refractivity contribution in [2.75, 3.05) is 26.8 Å². The van der Waals surface area contributed by atoms with Gasteiger partial charge in [-0.25, -0.2) is 0 Å². The van der Waals surface area contributed by atoms with Crippen LogP contribution in [-0.2, 0) is 9.53 Å². The van der Waals surface area contributed by atoms with Crippen LogP contribution in [-0.4, -0.2) is 49.6 Å². The van der Waals surface area contributed by atoms with Gasteiger partial charge in [0, 0.05) is 13.6 Å². The first-order valence-electron chi connectivity index (χ1n) is 5.49. The van der Waals surface area contributed by atoms with E-state index in [1.807, 2.05) is 6.07 Å². The summed E-state index contributed by atoms with van der Waals surface area (Å²) in [5, 5.41) is 2.56. The number of likely N-dealkylation sites (N-methyl/N-ethyl adjacent to an activating group) is 1. The molecule has 98 valence electrons. The third-order valence-corrected chi connectivity index (χ3v) is 4.33. The second kappa shape index (κ2) is 5.81. The van der Waals surface area contributed by atoms with Crippen molar-refractivity contribution in [3.8, 4) is 0 Å². The number of carbonyl (C=O) groups is 2. The molecule has 0 saturated carbocycles. The highest BCUT2D eigenvalue weighted by molar-refractivity contribution is 9.11. The number of nitrogens with one attached hydrogen (secondary N) is 1. The maximum Gasteiger partial charge on any atom is 0.264 e. The fraction of sp³-hybridized carbons (Fsp3) is 0.455. The van der Waals surface area contributed by atoms with E-state index >= 15 is 0 Å². The van der Waals surface area contributed by atoms with E-state index in [0.29, 0.717) is 18.0 Å². The second-order valence-electron chi connectivity index (χ2n) is 3.81. The lowest BCUT2D eigenvalue weighted by Gasteiger charge is -2.33. The first-order chi connectivity index (χ1) is 8.63. The van der Waals surface area contributed by atoms with E-state index in [1.165, 1.54) is 11.3 Å². The Morgan fingerprint density at radius 1 is 1.56 bits per heavy atom. The lowest BCUT2D eigenvalue weighted by Crippen LogP contribution is -2.55. The Kier molecular flexibility index (Phi) is 4.36. The van der Waals surface area contributed by atoms with Gasteiger partial charge in [-0.2, -0.15) is 0 Å². The lowest BCUT2D eigenvalue weighted by molar-refractivity contribution is -0.130. The molecule has 2 amide bonds. The fourth-order valence-corrected chi connectivity index (χ4v) is 3.14. The van der Waals surface area contributed by atoms with E-state index in [0.717, 1.165) is 3.79 Å². The predicted octanol–water partition coefficient (Wildman–Crippen LogP) is 1.10. The van der Waals surface area contributed by atoms with Crippen LogP contribution in [0.15, 0.2) is 15.9 Å². The van der Waals surface area contributed by atoms with Crippen LogP contribution in [0.4, 0.5) is 0 Å². The van der Waals surface area contributed by atoms with Gasteiger partial charge in [-0.05, 0) is 28.1 Å². The van der Waals surface area contributed by atoms with E-state index < -0.39 is 6.04 Å². The minimum atomic E-state index is -0.544. The van der Waals surface area contributed by atoms with Gasteiger partial charge in [0.2, 0.25) is 5.91 Å². The predicted molar refractivity (Wildman–Crippen MR) is 71.7 cm³/mol. The van der Waals surface area contributed by atoms with Gasteiger partial charge in [0.15, 0.2) is 0 Å². The molecule has 1 N–H and O–H groups in total. The highest BCUT2D eigenvalue weighted by atomic mass is 79.9. The van der Waals surface area contributed by atoms with Crippen molar-refractivity contribution in [3.05, 3.63) is 20.8 Å². The Balaban J connectivity index is 2.18. The van der Waals surface area contributed by atoms with Crippen molar-refractivity contribution in [3.63, 3.8) is 0 Å². The summed E-state index contributed by atoms with van der Waals surface area (Å²) in [6.45, 7) is 1.15. The Morgan fingerprint density at radius 3 is 2.94 bits per heavy atom. The summed E-state index contributed by atoms with van der Waals surface area (Å²) in [5.74, 6) is -0.318. The van der Waals surface area contributed by atoms with Gasteiger partial charge in [-0.15, -0.1) is 11.3 Å². The summed E-state index contributed by atoms with van der Waals surface area (Å²) < 4.78 is 6.16. The summed E-state index contributed by atoms with van der Waals surface area (Å²) in [4.78, 5) is 26.2. The molecule has 1 aliphatic heterocycles. The van der Waals surface area contributed by atoms with Crippen molar-refractivity contribution in [1.82, 2.24) is 10.2 Å². The number of morpholine rings is 1. The zero-order valence-corrected chi connectivity index (χ0v) is 12.2. The van der Waals surface area contributed by atoms with Gasteiger partial charge in [-0.1, -0.05) is 0 Å². The Labute approximate surface area is 117 Å². The molecule has 18 heavy (non-hydrogen) atoms. The number of hydrogen-bond acceptors (Lipinski definition) is 4. The van der Waals surface area contributed by atoms with Crippen molar-refractivity contribution in [2.24, 2.45) is 0 Å². The van der Waals surface area contributed by atoms with Gasteiger partial charge >= 0.3 is 0 Å². The first kappa shape index (κ1) is 13.5. The van der Waals surface area contributed by atoms with Crippen molar-refractivity contribution < 1.29 is 14.3 Å². The van der Waals surface area contributed by atoms with Crippen LogP contribution in [0.25, 0.3) is 0 Å². The van der Waals surface area contributed by atoms with Crippen LogP contribution >= 0.6 is 27.3 Å². The van der Waals surface area contributed by atoms with Gasteiger partial charge in [0.1, 0.15) is 6.04 Å². The fourth-order valence-electron chi connectivity index (χ4n) is 1.80. The zero-order chi connectivity index (χ0) is 13.1.